The van der Waals surface area contributed by atoms with Gasteiger partial charge in [0.1, 0.15) is 0 Å². The second-order valence-corrected chi connectivity index (χ2v) is 6.06. The number of hydrogen-bond acceptors (Lipinski definition) is 1. The van der Waals surface area contributed by atoms with Gasteiger partial charge in [0, 0.05) is 5.54 Å². The van der Waals surface area contributed by atoms with E-state index in [0.717, 1.165) is 13.0 Å². The maximum absolute atomic E-state index is 13.9. The molecule has 1 saturated heterocycles. The molecule has 1 atom stereocenters. The molecule has 1 saturated carbocycles. The molecule has 0 radical (unpaired) electrons. The van der Waals surface area contributed by atoms with Crippen LogP contribution >= 0.6 is 0 Å². The molecule has 1 N–H and O–H groups in total. The van der Waals surface area contributed by atoms with Gasteiger partial charge in [0.15, 0.2) is 11.6 Å². The maximum atomic E-state index is 13.9. The van der Waals surface area contributed by atoms with Gasteiger partial charge >= 0.3 is 0 Å². The third kappa shape index (κ3) is 2.66. The van der Waals surface area contributed by atoms with Crippen LogP contribution < -0.4 is 5.32 Å². The Balaban J connectivity index is 1.86. The van der Waals surface area contributed by atoms with Gasteiger partial charge in [-0.05, 0) is 56.2 Å². The molecule has 0 aromatic heterocycles. The highest BCUT2D eigenvalue weighted by molar-refractivity contribution is 5.23. The third-order valence-electron chi connectivity index (χ3n) is 4.67. The van der Waals surface area contributed by atoms with Crippen LogP contribution in [0.1, 0.15) is 44.1 Å². The van der Waals surface area contributed by atoms with Crippen molar-refractivity contribution < 1.29 is 8.78 Å². The number of hydrogen-bond donors (Lipinski definition) is 1. The predicted octanol–water partition coefficient (Wildman–Crippen LogP) is 3.82. The minimum atomic E-state index is -0.725. The van der Waals surface area contributed by atoms with Gasteiger partial charge in [0.2, 0.25) is 0 Å². The fraction of sp³-hybridized carbons (Fsp3) is 0.625. The van der Waals surface area contributed by atoms with E-state index in [1.54, 1.807) is 12.1 Å². The van der Waals surface area contributed by atoms with Crippen LogP contribution in [0.15, 0.2) is 18.2 Å². The summed E-state index contributed by atoms with van der Waals surface area (Å²) in [5, 5.41) is 3.66. The van der Waals surface area contributed by atoms with Gasteiger partial charge < -0.3 is 5.32 Å². The summed E-state index contributed by atoms with van der Waals surface area (Å²) in [4.78, 5) is 0. The van der Waals surface area contributed by atoms with E-state index >= 15 is 0 Å². The molecule has 19 heavy (non-hydrogen) atoms. The molecule has 1 unspecified atom stereocenters. The van der Waals surface area contributed by atoms with E-state index < -0.39 is 11.6 Å². The van der Waals surface area contributed by atoms with Crippen molar-refractivity contribution >= 4 is 0 Å². The Morgan fingerprint density at radius 2 is 2.00 bits per heavy atom. The van der Waals surface area contributed by atoms with Gasteiger partial charge in [-0.1, -0.05) is 25.0 Å². The molecule has 1 heterocycles. The van der Waals surface area contributed by atoms with Crippen molar-refractivity contribution in [2.75, 3.05) is 6.54 Å². The lowest BCUT2D eigenvalue weighted by atomic mass is 9.82. The van der Waals surface area contributed by atoms with Gasteiger partial charge in [-0.15, -0.1) is 0 Å². The lowest BCUT2D eigenvalue weighted by Crippen LogP contribution is -2.48. The molecule has 0 amide bonds. The zero-order chi connectivity index (χ0) is 13.3. The Morgan fingerprint density at radius 1 is 1.16 bits per heavy atom. The lowest BCUT2D eigenvalue weighted by molar-refractivity contribution is 0.267. The van der Waals surface area contributed by atoms with Crippen LogP contribution in [0, 0.1) is 17.6 Å². The van der Waals surface area contributed by atoms with Crippen molar-refractivity contribution in [3.8, 4) is 0 Å². The van der Waals surface area contributed by atoms with Crippen molar-refractivity contribution in [2.45, 2.75) is 50.5 Å². The second-order valence-electron chi connectivity index (χ2n) is 6.06. The van der Waals surface area contributed by atoms with Crippen LogP contribution in [-0.2, 0) is 6.42 Å². The Labute approximate surface area is 113 Å². The van der Waals surface area contributed by atoms with Gasteiger partial charge in [-0.25, -0.2) is 8.78 Å². The zero-order valence-electron chi connectivity index (χ0n) is 11.2. The molecule has 1 nitrogen and oxygen atoms in total. The predicted molar refractivity (Wildman–Crippen MR) is 72.0 cm³/mol. The summed E-state index contributed by atoms with van der Waals surface area (Å²) in [6, 6.07) is 4.54. The third-order valence-corrected chi connectivity index (χ3v) is 4.67. The van der Waals surface area contributed by atoms with E-state index in [9.17, 15) is 8.78 Å². The maximum Gasteiger partial charge on any atom is 0.162 e. The molecule has 104 valence electrons. The van der Waals surface area contributed by atoms with Gasteiger partial charge in [0.25, 0.3) is 0 Å². The van der Waals surface area contributed by atoms with E-state index in [2.05, 4.69) is 5.32 Å². The van der Waals surface area contributed by atoms with E-state index in [0.29, 0.717) is 17.9 Å². The van der Waals surface area contributed by atoms with Crippen molar-refractivity contribution in [2.24, 2.45) is 5.92 Å². The largest absolute Gasteiger partial charge is 0.311 e. The van der Waals surface area contributed by atoms with Crippen LogP contribution in [-0.4, -0.2) is 12.1 Å². The average molecular weight is 265 g/mol. The fourth-order valence-electron chi connectivity index (χ4n) is 3.47. The fourth-order valence-corrected chi connectivity index (χ4v) is 3.47. The lowest BCUT2D eigenvalue weighted by Gasteiger charge is -2.34. The summed E-state index contributed by atoms with van der Waals surface area (Å²) in [6.45, 7) is 1.01. The monoisotopic (exact) mass is 265 g/mol. The van der Waals surface area contributed by atoms with Crippen LogP contribution in [0.4, 0.5) is 8.78 Å². The Morgan fingerprint density at radius 3 is 2.79 bits per heavy atom. The quantitative estimate of drug-likeness (QED) is 0.876. The molecule has 0 spiro atoms. The second kappa shape index (κ2) is 5.20. The molecule has 1 aliphatic heterocycles. The van der Waals surface area contributed by atoms with E-state index in [-0.39, 0.29) is 5.54 Å². The van der Waals surface area contributed by atoms with Gasteiger partial charge in [-0.3, -0.25) is 0 Å². The summed E-state index contributed by atoms with van der Waals surface area (Å²) in [6.07, 6.45) is 7.80. The van der Waals surface area contributed by atoms with E-state index in [1.165, 1.54) is 38.2 Å². The number of rotatable bonds is 3. The normalized spacial score (nSPS) is 28.1. The average Bonchev–Trinajstić information content (AvgIpc) is 3.22. The van der Waals surface area contributed by atoms with E-state index in [4.69, 9.17) is 0 Å². The summed E-state index contributed by atoms with van der Waals surface area (Å²) in [5.41, 5.74) is 0.534. The molecule has 3 heteroatoms. The summed E-state index contributed by atoms with van der Waals surface area (Å²) < 4.78 is 27.3. The molecular weight excluding hydrogens is 244 g/mol. The Hall–Kier alpha value is -0.960. The highest BCUT2D eigenvalue weighted by Crippen LogP contribution is 2.45. The zero-order valence-corrected chi connectivity index (χ0v) is 11.2. The summed E-state index contributed by atoms with van der Waals surface area (Å²) >= 11 is 0. The first-order valence-electron chi connectivity index (χ1n) is 7.39. The van der Waals surface area contributed by atoms with Crippen LogP contribution in [0.5, 0.6) is 0 Å². The highest BCUT2D eigenvalue weighted by atomic mass is 19.2. The summed E-state index contributed by atoms with van der Waals surface area (Å²) in [7, 11) is 0. The number of benzene rings is 1. The topological polar surface area (TPSA) is 12.0 Å². The summed E-state index contributed by atoms with van der Waals surface area (Å²) in [5.74, 6) is -0.737. The molecule has 2 aliphatic rings. The molecule has 3 rings (SSSR count). The first kappa shape index (κ1) is 13.0. The minimum absolute atomic E-state index is 0.00509. The SMILES string of the molecule is Fc1cccc(CC2(C3CC3)CCCCCN2)c1F. The van der Waals surface area contributed by atoms with Crippen LogP contribution in [0.2, 0.25) is 0 Å². The highest BCUT2D eigenvalue weighted by Gasteiger charge is 2.45. The molecule has 1 aromatic carbocycles. The first-order chi connectivity index (χ1) is 9.21. The van der Waals surface area contributed by atoms with Gasteiger partial charge in [0.05, 0.1) is 0 Å². The first-order valence-corrected chi connectivity index (χ1v) is 7.39. The molecule has 0 bridgehead atoms. The van der Waals surface area contributed by atoms with Crippen molar-refractivity contribution in [1.29, 1.82) is 0 Å². The molecule has 1 aliphatic carbocycles. The Bertz CT molecular complexity index is 446. The number of nitrogens with one attached hydrogen (secondary N) is 1. The van der Waals surface area contributed by atoms with E-state index in [1.807, 2.05) is 0 Å². The molecule has 2 fully saturated rings. The van der Waals surface area contributed by atoms with Crippen molar-refractivity contribution in [3.63, 3.8) is 0 Å². The molecule has 1 aromatic rings. The minimum Gasteiger partial charge on any atom is -0.311 e. The van der Waals surface area contributed by atoms with Crippen molar-refractivity contribution in [1.82, 2.24) is 5.32 Å². The van der Waals surface area contributed by atoms with Crippen LogP contribution in [0.3, 0.4) is 0 Å². The molecular formula is C16H21F2N. The van der Waals surface area contributed by atoms with Gasteiger partial charge in [-0.2, -0.15) is 0 Å². The standard InChI is InChI=1S/C16H21F2N/c17-14-6-4-5-12(15(14)18)11-16(13-7-8-13)9-2-1-3-10-19-16/h4-6,13,19H,1-3,7-11H2. The van der Waals surface area contributed by atoms with Crippen LogP contribution in [0.25, 0.3) is 0 Å². The smallest absolute Gasteiger partial charge is 0.162 e. The number of halogens is 2. The Kier molecular flexibility index (Phi) is 3.57. The van der Waals surface area contributed by atoms with Crippen molar-refractivity contribution in [3.05, 3.63) is 35.4 Å².